The van der Waals surface area contributed by atoms with Crippen LogP contribution in [0.2, 0.25) is 0 Å². The van der Waals surface area contributed by atoms with Gasteiger partial charge < -0.3 is 5.32 Å². The Balaban J connectivity index is 4.54. The lowest BCUT2D eigenvalue weighted by atomic mass is 10.4. The molecule has 0 heterocycles. The third kappa shape index (κ3) is 5.53. The van der Waals surface area contributed by atoms with Crippen molar-refractivity contribution in [3.05, 3.63) is 0 Å². The molecule has 0 saturated carbocycles. The maximum atomic E-state index is 12.2. The van der Waals surface area contributed by atoms with Crippen molar-refractivity contribution in [2.24, 2.45) is 0 Å². The van der Waals surface area contributed by atoms with Crippen molar-refractivity contribution in [3.63, 3.8) is 0 Å². The standard InChI is InChI=1S/C12H24N2O2S/c1-5-8-13-11-12(4)17(15,16)14(9-6-2)10-7-3/h2,12-13H,5,7-11H2,1,3-4H3. The van der Waals surface area contributed by atoms with E-state index < -0.39 is 15.3 Å². The van der Waals surface area contributed by atoms with E-state index in [-0.39, 0.29) is 6.54 Å². The van der Waals surface area contributed by atoms with Crippen LogP contribution >= 0.6 is 0 Å². The second-order valence-electron chi connectivity index (χ2n) is 4.10. The van der Waals surface area contributed by atoms with E-state index in [4.69, 9.17) is 6.42 Å². The maximum absolute atomic E-state index is 12.2. The van der Waals surface area contributed by atoms with Crippen molar-refractivity contribution in [2.75, 3.05) is 26.2 Å². The molecule has 0 aliphatic rings. The Hall–Kier alpha value is -0.570. The fraction of sp³-hybridized carbons (Fsp3) is 0.833. The van der Waals surface area contributed by atoms with Gasteiger partial charge in [0.15, 0.2) is 0 Å². The summed E-state index contributed by atoms with van der Waals surface area (Å²) in [7, 11) is -3.28. The van der Waals surface area contributed by atoms with Crippen LogP contribution in [-0.2, 0) is 10.0 Å². The first-order chi connectivity index (χ1) is 8.00. The van der Waals surface area contributed by atoms with Crippen LogP contribution in [0.4, 0.5) is 0 Å². The van der Waals surface area contributed by atoms with Gasteiger partial charge in [-0.3, -0.25) is 0 Å². The van der Waals surface area contributed by atoms with Crippen molar-refractivity contribution < 1.29 is 8.42 Å². The fourth-order valence-corrected chi connectivity index (χ4v) is 3.02. The van der Waals surface area contributed by atoms with Crippen LogP contribution < -0.4 is 5.32 Å². The summed E-state index contributed by atoms with van der Waals surface area (Å²) in [5, 5.41) is 2.69. The van der Waals surface area contributed by atoms with Crippen molar-refractivity contribution >= 4 is 10.0 Å². The molecule has 0 radical (unpaired) electrons. The van der Waals surface area contributed by atoms with Gasteiger partial charge in [0.25, 0.3) is 0 Å². The Morgan fingerprint density at radius 2 is 2.00 bits per heavy atom. The first kappa shape index (κ1) is 16.4. The third-order valence-electron chi connectivity index (χ3n) is 2.47. The van der Waals surface area contributed by atoms with Crippen LogP contribution in [0.15, 0.2) is 0 Å². The molecule has 0 spiro atoms. The topological polar surface area (TPSA) is 49.4 Å². The second-order valence-corrected chi connectivity index (χ2v) is 6.45. The van der Waals surface area contributed by atoms with Gasteiger partial charge in [0.2, 0.25) is 10.0 Å². The van der Waals surface area contributed by atoms with Crippen molar-refractivity contribution in [3.8, 4) is 12.3 Å². The highest BCUT2D eigenvalue weighted by atomic mass is 32.2. The lowest BCUT2D eigenvalue weighted by molar-refractivity contribution is 0.435. The summed E-state index contributed by atoms with van der Waals surface area (Å²) < 4.78 is 25.8. The van der Waals surface area contributed by atoms with Crippen LogP contribution in [0, 0.1) is 12.3 Å². The number of sulfonamides is 1. The predicted octanol–water partition coefficient (Wildman–Crippen LogP) is 1.05. The number of nitrogens with one attached hydrogen (secondary N) is 1. The zero-order chi connectivity index (χ0) is 13.3. The second kappa shape index (κ2) is 8.51. The van der Waals surface area contributed by atoms with Gasteiger partial charge in [-0.1, -0.05) is 19.8 Å². The number of hydrogen-bond donors (Lipinski definition) is 1. The zero-order valence-electron chi connectivity index (χ0n) is 11.1. The fourth-order valence-electron chi connectivity index (χ4n) is 1.49. The van der Waals surface area contributed by atoms with E-state index in [0.29, 0.717) is 13.1 Å². The van der Waals surface area contributed by atoms with Gasteiger partial charge in [-0.25, -0.2) is 8.42 Å². The van der Waals surface area contributed by atoms with Crippen molar-refractivity contribution in [1.82, 2.24) is 9.62 Å². The van der Waals surface area contributed by atoms with Crippen LogP contribution in [0.5, 0.6) is 0 Å². The van der Waals surface area contributed by atoms with E-state index in [1.54, 1.807) is 6.92 Å². The number of terminal acetylenes is 1. The largest absolute Gasteiger partial charge is 0.315 e. The van der Waals surface area contributed by atoms with E-state index >= 15 is 0 Å². The molecule has 0 rings (SSSR count). The Labute approximate surface area is 106 Å². The summed E-state index contributed by atoms with van der Waals surface area (Å²) in [5.41, 5.74) is 0. The Morgan fingerprint density at radius 1 is 1.35 bits per heavy atom. The number of nitrogens with zero attached hydrogens (tertiary/aromatic N) is 1. The molecule has 0 bridgehead atoms. The average Bonchev–Trinajstić information content (AvgIpc) is 2.29. The quantitative estimate of drug-likeness (QED) is 0.498. The van der Waals surface area contributed by atoms with Crippen LogP contribution in [0.1, 0.15) is 33.6 Å². The molecule has 5 heteroatoms. The number of rotatable bonds is 9. The minimum Gasteiger partial charge on any atom is -0.315 e. The SMILES string of the molecule is C#CCN(CCC)S(=O)(=O)C(C)CNCCC. The lowest BCUT2D eigenvalue weighted by Crippen LogP contribution is -2.42. The van der Waals surface area contributed by atoms with Crippen LogP contribution in [0.3, 0.4) is 0 Å². The Morgan fingerprint density at radius 3 is 2.47 bits per heavy atom. The van der Waals surface area contributed by atoms with Gasteiger partial charge in [0, 0.05) is 13.1 Å². The molecule has 4 nitrogen and oxygen atoms in total. The first-order valence-corrected chi connectivity index (χ1v) is 7.64. The van der Waals surface area contributed by atoms with Gasteiger partial charge in [-0.05, 0) is 26.3 Å². The minimum atomic E-state index is -3.28. The van der Waals surface area contributed by atoms with E-state index in [1.807, 2.05) is 13.8 Å². The molecule has 1 unspecified atom stereocenters. The Bertz CT molecular complexity index is 333. The normalized spacial score (nSPS) is 13.6. The van der Waals surface area contributed by atoms with Gasteiger partial charge in [0.05, 0.1) is 11.8 Å². The minimum absolute atomic E-state index is 0.161. The summed E-state index contributed by atoms with van der Waals surface area (Å²) >= 11 is 0. The summed E-state index contributed by atoms with van der Waals surface area (Å²) in [6.45, 7) is 7.67. The molecule has 1 N–H and O–H groups in total. The summed E-state index contributed by atoms with van der Waals surface area (Å²) in [5.74, 6) is 2.41. The molecule has 0 aliphatic heterocycles. The molecule has 100 valence electrons. The smallest absolute Gasteiger partial charge is 0.218 e. The molecule has 0 aromatic heterocycles. The zero-order valence-corrected chi connectivity index (χ0v) is 11.9. The molecular weight excluding hydrogens is 236 g/mol. The molecule has 0 saturated heterocycles. The summed E-state index contributed by atoms with van der Waals surface area (Å²) in [6, 6.07) is 0. The average molecular weight is 260 g/mol. The first-order valence-electron chi connectivity index (χ1n) is 6.13. The highest BCUT2D eigenvalue weighted by molar-refractivity contribution is 7.89. The summed E-state index contributed by atoms with van der Waals surface area (Å²) in [6.07, 6.45) is 6.98. The molecule has 0 aromatic rings. The predicted molar refractivity (Wildman–Crippen MR) is 72.2 cm³/mol. The third-order valence-corrected chi connectivity index (χ3v) is 4.68. The molecule has 0 amide bonds. The van der Waals surface area contributed by atoms with Crippen molar-refractivity contribution in [1.29, 1.82) is 0 Å². The highest BCUT2D eigenvalue weighted by Crippen LogP contribution is 2.08. The van der Waals surface area contributed by atoms with Gasteiger partial charge in [-0.15, -0.1) is 6.42 Å². The van der Waals surface area contributed by atoms with Gasteiger partial charge >= 0.3 is 0 Å². The van der Waals surface area contributed by atoms with E-state index in [9.17, 15) is 8.42 Å². The van der Waals surface area contributed by atoms with E-state index in [1.165, 1.54) is 4.31 Å². The van der Waals surface area contributed by atoms with Gasteiger partial charge in [0.1, 0.15) is 0 Å². The summed E-state index contributed by atoms with van der Waals surface area (Å²) in [4.78, 5) is 0. The molecule has 1 atom stereocenters. The van der Waals surface area contributed by atoms with E-state index in [0.717, 1.165) is 19.4 Å². The lowest BCUT2D eigenvalue weighted by Gasteiger charge is -2.23. The highest BCUT2D eigenvalue weighted by Gasteiger charge is 2.27. The molecule has 0 fully saturated rings. The molecule has 0 aliphatic carbocycles. The molecular formula is C12H24N2O2S. The van der Waals surface area contributed by atoms with Crippen LogP contribution in [-0.4, -0.2) is 44.2 Å². The monoisotopic (exact) mass is 260 g/mol. The molecule has 17 heavy (non-hydrogen) atoms. The van der Waals surface area contributed by atoms with Gasteiger partial charge in [-0.2, -0.15) is 4.31 Å². The van der Waals surface area contributed by atoms with Crippen molar-refractivity contribution in [2.45, 2.75) is 38.9 Å². The Kier molecular flexibility index (Phi) is 8.23. The van der Waals surface area contributed by atoms with Crippen LogP contribution in [0.25, 0.3) is 0 Å². The number of hydrogen-bond acceptors (Lipinski definition) is 3. The van der Waals surface area contributed by atoms with E-state index in [2.05, 4.69) is 11.2 Å². The maximum Gasteiger partial charge on any atom is 0.218 e. The molecule has 0 aromatic carbocycles.